The van der Waals surface area contributed by atoms with Crippen LogP contribution in [0.1, 0.15) is 39.5 Å². The quantitative estimate of drug-likeness (QED) is 0.639. The van der Waals surface area contributed by atoms with Crippen molar-refractivity contribution in [3.63, 3.8) is 0 Å². The molecule has 0 unspecified atom stereocenters. The Bertz CT molecular complexity index is 221. The molecule has 0 atom stereocenters. The van der Waals surface area contributed by atoms with Gasteiger partial charge < -0.3 is 5.32 Å². The van der Waals surface area contributed by atoms with E-state index in [1.807, 2.05) is 0 Å². The smallest absolute Gasteiger partial charge is 0.210 e. The Balaban J connectivity index is 3.70. The normalized spacial score (nSPS) is 12.3. The average molecular weight is 222 g/mol. The molecule has 0 aliphatic rings. The van der Waals surface area contributed by atoms with Crippen molar-refractivity contribution < 1.29 is 8.42 Å². The maximum Gasteiger partial charge on any atom is 0.210 e. The first-order chi connectivity index (χ1) is 6.49. The largest absolute Gasteiger partial charge is 0.313 e. The summed E-state index contributed by atoms with van der Waals surface area (Å²) in [7, 11) is -3.31. The third-order valence-electron chi connectivity index (χ3n) is 2.09. The summed E-state index contributed by atoms with van der Waals surface area (Å²) < 4.78 is 21.3. The van der Waals surface area contributed by atoms with E-state index in [1.54, 1.807) is 0 Å². The summed E-state index contributed by atoms with van der Waals surface area (Å²) in [5.41, 5.74) is 0. The Kier molecular flexibility index (Phi) is 7.13. The summed E-state index contributed by atoms with van der Waals surface area (Å²) in [6, 6.07) is 0.437. The van der Waals surface area contributed by atoms with E-state index in [0.717, 1.165) is 25.7 Å². The summed E-state index contributed by atoms with van der Waals surface area (Å²) in [5, 5.41) is 8.12. The fourth-order valence-corrected chi connectivity index (χ4v) is 1.85. The molecule has 0 heterocycles. The zero-order valence-corrected chi connectivity index (χ0v) is 9.94. The second-order valence-corrected chi connectivity index (χ2v) is 5.33. The van der Waals surface area contributed by atoms with Crippen LogP contribution in [0.4, 0.5) is 0 Å². The Hall–Kier alpha value is -0.130. The highest BCUT2D eigenvalue weighted by Crippen LogP contribution is 2.03. The summed E-state index contributed by atoms with van der Waals surface area (Å²) >= 11 is 0. The molecule has 0 aromatic rings. The maximum atomic E-state index is 10.7. The Morgan fingerprint density at radius 1 is 1.21 bits per heavy atom. The molecule has 0 rings (SSSR count). The average Bonchev–Trinajstić information content (AvgIpc) is 2.02. The van der Waals surface area contributed by atoms with Crippen LogP contribution in [0, 0.1) is 0 Å². The van der Waals surface area contributed by atoms with Crippen molar-refractivity contribution in [3.8, 4) is 0 Å². The van der Waals surface area contributed by atoms with Gasteiger partial charge in [-0.1, -0.05) is 26.7 Å². The fourth-order valence-electron chi connectivity index (χ4n) is 1.45. The number of hydrogen-bond acceptors (Lipinski definition) is 3. The lowest BCUT2D eigenvalue weighted by Gasteiger charge is -2.16. The van der Waals surface area contributed by atoms with Gasteiger partial charge in [-0.05, 0) is 12.8 Å². The van der Waals surface area contributed by atoms with Crippen molar-refractivity contribution in [2.45, 2.75) is 45.6 Å². The Morgan fingerprint density at radius 3 is 2.07 bits per heavy atom. The Morgan fingerprint density at radius 2 is 1.71 bits per heavy atom. The molecule has 0 aromatic heterocycles. The zero-order valence-electron chi connectivity index (χ0n) is 9.12. The van der Waals surface area contributed by atoms with Gasteiger partial charge in [0.2, 0.25) is 10.0 Å². The third kappa shape index (κ3) is 8.47. The predicted molar refractivity (Wildman–Crippen MR) is 59.6 cm³/mol. The second-order valence-electron chi connectivity index (χ2n) is 3.60. The molecule has 0 fully saturated rings. The second kappa shape index (κ2) is 7.20. The molecule has 0 saturated heterocycles. The molecule has 4 nitrogen and oxygen atoms in total. The number of primary sulfonamides is 1. The van der Waals surface area contributed by atoms with Crippen LogP contribution >= 0.6 is 0 Å². The van der Waals surface area contributed by atoms with Gasteiger partial charge in [-0.3, -0.25) is 0 Å². The van der Waals surface area contributed by atoms with E-state index in [0.29, 0.717) is 12.6 Å². The topological polar surface area (TPSA) is 72.2 Å². The minimum Gasteiger partial charge on any atom is -0.313 e. The van der Waals surface area contributed by atoms with E-state index < -0.39 is 10.0 Å². The highest BCUT2D eigenvalue weighted by molar-refractivity contribution is 7.89. The third-order valence-corrected chi connectivity index (χ3v) is 2.87. The van der Waals surface area contributed by atoms with Crippen molar-refractivity contribution in [3.05, 3.63) is 0 Å². The van der Waals surface area contributed by atoms with Gasteiger partial charge in [-0.25, -0.2) is 13.6 Å². The number of rotatable bonds is 8. The molecule has 0 spiro atoms. The van der Waals surface area contributed by atoms with E-state index in [2.05, 4.69) is 19.2 Å². The molecule has 0 radical (unpaired) electrons. The molecular weight excluding hydrogens is 200 g/mol. The molecule has 5 heteroatoms. The van der Waals surface area contributed by atoms with Crippen LogP contribution < -0.4 is 10.5 Å². The first-order valence-corrected chi connectivity index (χ1v) is 6.95. The van der Waals surface area contributed by atoms with Gasteiger partial charge in [-0.15, -0.1) is 0 Å². The van der Waals surface area contributed by atoms with Crippen LogP contribution in [0.15, 0.2) is 0 Å². The van der Waals surface area contributed by atoms with Crippen molar-refractivity contribution in [1.82, 2.24) is 5.32 Å². The highest BCUT2D eigenvalue weighted by Gasteiger charge is 2.07. The first-order valence-electron chi connectivity index (χ1n) is 5.23. The lowest BCUT2D eigenvalue weighted by atomic mass is 10.1. The highest BCUT2D eigenvalue weighted by atomic mass is 32.2. The SMILES string of the molecule is CCCC(CCC)NCCS(N)(=O)=O. The number of nitrogens with two attached hydrogens (primary N) is 1. The maximum absolute atomic E-state index is 10.7. The van der Waals surface area contributed by atoms with Gasteiger partial charge in [0.15, 0.2) is 0 Å². The van der Waals surface area contributed by atoms with Crippen LogP contribution in [-0.4, -0.2) is 26.8 Å². The summed E-state index contributed by atoms with van der Waals surface area (Å²) in [6.45, 7) is 4.72. The Labute approximate surface area is 87.3 Å². The van der Waals surface area contributed by atoms with E-state index in [9.17, 15) is 8.42 Å². The zero-order chi connectivity index (χ0) is 11.0. The molecule has 0 aliphatic carbocycles. The van der Waals surface area contributed by atoms with Crippen LogP contribution in [0.5, 0.6) is 0 Å². The fraction of sp³-hybridized carbons (Fsp3) is 1.00. The van der Waals surface area contributed by atoms with Gasteiger partial charge in [-0.2, -0.15) is 0 Å². The molecule has 0 bridgehead atoms. The van der Waals surface area contributed by atoms with Gasteiger partial charge in [0, 0.05) is 12.6 Å². The number of sulfonamides is 1. The van der Waals surface area contributed by atoms with Crippen molar-refractivity contribution in [2.24, 2.45) is 5.14 Å². The van der Waals surface area contributed by atoms with Gasteiger partial charge in [0.05, 0.1) is 5.75 Å². The van der Waals surface area contributed by atoms with Crippen LogP contribution in [0.25, 0.3) is 0 Å². The molecular formula is C9H22N2O2S. The van der Waals surface area contributed by atoms with Crippen molar-refractivity contribution in [2.75, 3.05) is 12.3 Å². The molecule has 0 aromatic carbocycles. The summed E-state index contributed by atoms with van der Waals surface area (Å²) in [5.74, 6) is 0.0247. The van der Waals surface area contributed by atoms with E-state index in [1.165, 1.54) is 0 Å². The van der Waals surface area contributed by atoms with Gasteiger partial charge in [0.1, 0.15) is 0 Å². The molecule has 0 aliphatic heterocycles. The first kappa shape index (κ1) is 13.9. The van der Waals surface area contributed by atoms with Crippen molar-refractivity contribution >= 4 is 10.0 Å². The minimum absolute atomic E-state index is 0.0247. The lowest BCUT2D eigenvalue weighted by Crippen LogP contribution is -2.34. The lowest BCUT2D eigenvalue weighted by molar-refractivity contribution is 0.454. The van der Waals surface area contributed by atoms with Gasteiger partial charge in [0.25, 0.3) is 0 Å². The molecule has 3 N–H and O–H groups in total. The summed E-state index contributed by atoms with van der Waals surface area (Å²) in [4.78, 5) is 0. The standard InChI is InChI=1S/C9H22N2O2S/c1-3-5-9(6-4-2)11-7-8-14(10,12)13/h9,11H,3-8H2,1-2H3,(H2,10,12,13). The monoisotopic (exact) mass is 222 g/mol. The van der Waals surface area contributed by atoms with Crippen LogP contribution in [0.2, 0.25) is 0 Å². The van der Waals surface area contributed by atoms with Crippen LogP contribution in [0.3, 0.4) is 0 Å². The number of nitrogens with one attached hydrogen (secondary N) is 1. The van der Waals surface area contributed by atoms with Gasteiger partial charge >= 0.3 is 0 Å². The predicted octanol–water partition coefficient (Wildman–Crippen LogP) is 0.833. The molecule has 86 valence electrons. The molecule has 0 amide bonds. The molecule has 14 heavy (non-hydrogen) atoms. The number of hydrogen-bond donors (Lipinski definition) is 2. The van der Waals surface area contributed by atoms with E-state index in [4.69, 9.17) is 5.14 Å². The van der Waals surface area contributed by atoms with Crippen LogP contribution in [-0.2, 0) is 10.0 Å². The molecule has 0 saturated carbocycles. The van der Waals surface area contributed by atoms with E-state index in [-0.39, 0.29) is 5.75 Å². The van der Waals surface area contributed by atoms with Crippen molar-refractivity contribution in [1.29, 1.82) is 0 Å². The van der Waals surface area contributed by atoms with E-state index >= 15 is 0 Å². The summed E-state index contributed by atoms with van der Waals surface area (Å²) in [6.07, 6.45) is 4.43. The minimum atomic E-state index is -3.31.